The summed E-state index contributed by atoms with van der Waals surface area (Å²) in [6, 6.07) is 4.23. The molecule has 0 aliphatic carbocycles. The van der Waals surface area contributed by atoms with Crippen molar-refractivity contribution in [3.63, 3.8) is 0 Å². The summed E-state index contributed by atoms with van der Waals surface area (Å²) >= 11 is 0. The van der Waals surface area contributed by atoms with E-state index in [4.69, 9.17) is 4.74 Å². The first-order valence-corrected chi connectivity index (χ1v) is 6.67. The predicted molar refractivity (Wildman–Crippen MR) is 70.9 cm³/mol. The molecule has 1 heterocycles. The number of rotatable bonds is 2. The van der Waals surface area contributed by atoms with Gasteiger partial charge in [0, 0.05) is 18.7 Å². The van der Waals surface area contributed by atoms with Crippen LogP contribution in [0.2, 0.25) is 0 Å². The number of halogens is 2. The average Bonchev–Trinajstić information content (AvgIpc) is 2.31. The lowest BCUT2D eigenvalue weighted by Gasteiger charge is -2.34. The van der Waals surface area contributed by atoms with Crippen molar-refractivity contribution in [1.82, 2.24) is 5.32 Å². The highest BCUT2D eigenvalue weighted by Crippen LogP contribution is 2.30. The van der Waals surface area contributed by atoms with Gasteiger partial charge in [-0.3, -0.25) is 0 Å². The SMILES string of the molecule is CC(C)(C)CC1CNCC(c2cccc(F)c2F)O1. The third-order valence-corrected chi connectivity index (χ3v) is 3.23. The van der Waals surface area contributed by atoms with Crippen molar-refractivity contribution in [3.8, 4) is 0 Å². The van der Waals surface area contributed by atoms with Crippen LogP contribution in [-0.4, -0.2) is 19.2 Å². The molecule has 0 aromatic heterocycles. The molecule has 1 saturated heterocycles. The van der Waals surface area contributed by atoms with Crippen LogP contribution in [-0.2, 0) is 4.74 Å². The van der Waals surface area contributed by atoms with Gasteiger partial charge in [-0.15, -0.1) is 0 Å². The van der Waals surface area contributed by atoms with E-state index >= 15 is 0 Å². The van der Waals surface area contributed by atoms with Crippen LogP contribution in [0.25, 0.3) is 0 Å². The Labute approximate surface area is 113 Å². The number of hydrogen-bond acceptors (Lipinski definition) is 2. The molecule has 2 unspecified atom stereocenters. The molecule has 1 aliphatic rings. The molecule has 1 aromatic carbocycles. The maximum absolute atomic E-state index is 13.8. The predicted octanol–water partition coefficient (Wildman–Crippen LogP) is 3.43. The molecule has 0 amide bonds. The Morgan fingerprint density at radius 1 is 1.26 bits per heavy atom. The highest BCUT2D eigenvalue weighted by molar-refractivity contribution is 5.22. The molecule has 0 radical (unpaired) electrons. The minimum Gasteiger partial charge on any atom is -0.368 e. The third-order valence-electron chi connectivity index (χ3n) is 3.23. The van der Waals surface area contributed by atoms with Gasteiger partial charge in [-0.25, -0.2) is 8.78 Å². The van der Waals surface area contributed by atoms with Crippen molar-refractivity contribution < 1.29 is 13.5 Å². The summed E-state index contributed by atoms with van der Waals surface area (Å²) < 4.78 is 32.9. The van der Waals surface area contributed by atoms with Crippen molar-refractivity contribution in [2.45, 2.75) is 39.4 Å². The summed E-state index contributed by atoms with van der Waals surface area (Å²) in [6.07, 6.45) is 0.492. The normalized spacial score (nSPS) is 24.5. The molecule has 1 fully saturated rings. The van der Waals surface area contributed by atoms with Crippen molar-refractivity contribution in [3.05, 3.63) is 35.4 Å². The minimum absolute atomic E-state index is 0.0291. The van der Waals surface area contributed by atoms with Gasteiger partial charge in [0.05, 0.1) is 12.2 Å². The number of hydrogen-bond donors (Lipinski definition) is 1. The Morgan fingerprint density at radius 2 is 2.00 bits per heavy atom. The van der Waals surface area contributed by atoms with Crippen LogP contribution < -0.4 is 5.32 Å². The summed E-state index contributed by atoms with van der Waals surface area (Å²) in [5.74, 6) is -1.62. The van der Waals surface area contributed by atoms with Crippen LogP contribution in [0.15, 0.2) is 18.2 Å². The quantitative estimate of drug-likeness (QED) is 0.888. The topological polar surface area (TPSA) is 21.3 Å². The number of ether oxygens (including phenoxy) is 1. The largest absolute Gasteiger partial charge is 0.368 e. The van der Waals surface area contributed by atoms with E-state index in [9.17, 15) is 8.78 Å². The van der Waals surface area contributed by atoms with Crippen LogP contribution >= 0.6 is 0 Å². The fourth-order valence-corrected chi connectivity index (χ4v) is 2.46. The van der Waals surface area contributed by atoms with Crippen LogP contribution in [0.1, 0.15) is 38.9 Å². The Morgan fingerprint density at radius 3 is 2.68 bits per heavy atom. The van der Waals surface area contributed by atoms with Gasteiger partial charge in [0.2, 0.25) is 0 Å². The number of nitrogens with one attached hydrogen (secondary N) is 1. The van der Waals surface area contributed by atoms with E-state index in [0.29, 0.717) is 12.1 Å². The van der Waals surface area contributed by atoms with E-state index in [2.05, 4.69) is 26.1 Å². The highest BCUT2D eigenvalue weighted by Gasteiger charge is 2.29. The average molecular weight is 269 g/mol. The van der Waals surface area contributed by atoms with E-state index in [1.54, 1.807) is 6.07 Å². The van der Waals surface area contributed by atoms with Gasteiger partial charge in [0.25, 0.3) is 0 Å². The molecule has 1 aliphatic heterocycles. The molecule has 4 heteroatoms. The first-order valence-electron chi connectivity index (χ1n) is 6.67. The highest BCUT2D eigenvalue weighted by atomic mass is 19.2. The summed E-state index contributed by atoms with van der Waals surface area (Å²) in [6.45, 7) is 7.69. The van der Waals surface area contributed by atoms with E-state index < -0.39 is 17.7 Å². The van der Waals surface area contributed by atoms with Crippen LogP contribution in [0.4, 0.5) is 8.78 Å². The standard InChI is InChI=1S/C15H21F2NO/c1-15(2,3)7-10-8-18-9-13(19-10)11-5-4-6-12(16)14(11)17/h4-6,10,13,18H,7-9H2,1-3H3. The van der Waals surface area contributed by atoms with Crippen molar-refractivity contribution in [1.29, 1.82) is 0 Å². The molecular weight excluding hydrogens is 248 g/mol. The smallest absolute Gasteiger partial charge is 0.164 e. The first-order chi connectivity index (χ1) is 8.87. The lowest BCUT2D eigenvalue weighted by Crippen LogP contribution is -2.42. The molecule has 2 rings (SSSR count). The second kappa shape index (κ2) is 5.55. The zero-order valence-corrected chi connectivity index (χ0v) is 11.7. The van der Waals surface area contributed by atoms with Crippen LogP contribution in [0.5, 0.6) is 0 Å². The maximum Gasteiger partial charge on any atom is 0.164 e. The van der Waals surface area contributed by atoms with Crippen molar-refractivity contribution in [2.24, 2.45) is 5.41 Å². The molecule has 0 bridgehead atoms. The van der Waals surface area contributed by atoms with Gasteiger partial charge in [-0.1, -0.05) is 32.9 Å². The van der Waals surface area contributed by atoms with Gasteiger partial charge in [-0.05, 0) is 17.9 Å². The van der Waals surface area contributed by atoms with Gasteiger partial charge in [0.1, 0.15) is 0 Å². The molecule has 0 spiro atoms. The maximum atomic E-state index is 13.8. The van der Waals surface area contributed by atoms with Crippen LogP contribution in [0.3, 0.4) is 0 Å². The molecule has 19 heavy (non-hydrogen) atoms. The fraction of sp³-hybridized carbons (Fsp3) is 0.600. The van der Waals surface area contributed by atoms with Crippen molar-refractivity contribution in [2.75, 3.05) is 13.1 Å². The van der Waals surface area contributed by atoms with E-state index in [1.807, 2.05) is 0 Å². The second-order valence-electron chi connectivity index (χ2n) is 6.31. The molecule has 0 saturated carbocycles. The van der Waals surface area contributed by atoms with E-state index in [1.165, 1.54) is 6.07 Å². The zero-order valence-electron chi connectivity index (χ0n) is 11.7. The van der Waals surface area contributed by atoms with Gasteiger partial charge in [-0.2, -0.15) is 0 Å². The molecule has 1 aromatic rings. The van der Waals surface area contributed by atoms with E-state index in [-0.39, 0.29) is 11.5 Å². The minimum atomic E-state index is -0.820. The van der Waals surface area contributed by atoms with Gasteiger partial charge < -0.3 is 10.1 Å². The lowest BCUT2D eigenvalue weighted by atomic mass is 9.88. The molecule has 2 atom stereocenters. The Bertz CT molecular complexity index is 442. The van der Waals surface area contributed by atoms with Gasteiger partial charge in [0.15, 0.2) is 11.6 Å². The van der Waals surface area contributed by atoms with E-state index in [0.717, 1.165) is 19.0 Å². The summed E-state index contributed by atoms with van der Waals surface area (Å²) in [5.41, 5.74) is 0.445. The molecule has 1 N–H and O–H groups in total. The fourth-order valence-electron chi connectivity index (χ4n) is 2.46. The summed E-state index contributed by atoms with van der Waals surface area (Å²) in [7, 11) is 0. The summed E-state index contributed by atoms with van der Waals surface area (Å²) in [4.78, 5) is 0. The molecule has 106 valence electrons. The Kier molecular flexibility index (Phi) is 4.21. The molecular formula is C15H21F2NO. The Hall–Kier alpha value is -1.00. The number of morpholine rings is 1. The third kappa shape index (κ3) is 3.74. The first kappa shape index (κ1) is 14.4. The zero-order chi connectivity index (χ0) is 14.0. The second-order valence-corrected chi connectivity index (χ2v) is 6.31. The van der Waals surface area contributed by atoms with Crippen molar-refractivity contribution >= 4 is 0 Å². The molecule has 2 nitrogen and oxygen atoms in total. The number of benzene rings is 1. The Balaban J connectivity index is 2.11. The summed E-state index contributed by atoms with van der Waals surface area (Å²) in [5, 5.41) is 3.24. The lowest BCUT2D eigenvalue weighted by molar-refractivity contribution is -0.0567. The van der Waals surface area contributed by atoms with Crippen LogP contribution in [0, 0.1) is 17.0 Å². The monoisotopic (exact) mass is 269 g/mol. The van der Waals surface area contributed by atoms with Gasteiger partial charge >= 0.3 is 0 Å².